The molecule has 3 saturated carbocycles. The van der Waals surface area contributed by atoms with Crippen molar-refractivity contribution in [3.05, 3.63) is 95.1 Å². The van der Waals surface area contributed by atoms with Crippen LogP contribution in [0.1, 0.15) is 118 Å². The maximum absolute atomic E-state index is 13.0. The zero-order chi connectivity index (χ0) is 37.3. The van der Waals surface area contributed by atoms with Gasteiger partial charge in [-0.05, 0) is 145 Å². The number of aliphatic hydroxyl groups is 1. The fourth-order valence-electron chi connectivity index (χ4n) is 10.8. The van der Waals surface area contributed by atoms with Gasteiger partial charge in [-0.3, -0.25) is 0 Å². The number of ether oxygens (including phenoxy) is 2. The second kappa shape index (κ2) is 15.4. The fourth-order valence-corrected chi connectivity index (χ4v) is 11.8. The van der Waals surface area contributed by atoms with Gasteiger partial charge in [-0.25, -0.2) is 0 Å². The van der Waals surface area contributed by atoms with Crippen molar-refractivity contribution < 1.29 is 36.5 Å². The van der Waals surface area contributed by atoms with Crippen molar-refractivity contribution in [1.82, 2.24) is 0 Å². The lowest BCUT2D eigenvalue weighted by Crippen LogP contribution is -2.54. The van der Waals surface area contributed by atoms with Gasteiger partial charge in [-0.15, -0.1) is 0 Å². The van der Waals surface area contributed by atoms with Crippen LogP contribution < -0.4 is 9.47 Å². The molecular weight excluding hydrogens is 704 g/mol. The zero-order valence-electron chi connectivity index (χ0n) is 30.7. The van der Waals surface area contributed by atoms with Gasteiger partial charge in [0.15, 0.2) is 0 Å². The first kappa shape index (κ1) is 38.5. The summed E-state index contributed by atoms with van der Waals surface area (Å²) in [6.07, 6.45) is 4.22. The molecule has 7 rings (SSSR count). The third kappa shape index (κ3) is 7.47. The molecule has 0 unspecified atom stereocenters. The molecule has 3 aromatic rings. The van der Waals surface area contributed by atoms with Crippen molar-refractivity contribution in [3.8, 4) is 11.5 Å². The van der Waals surface area contributed by atoms with Gasteiger partial charge in [-0.1, -0.05) is 68.3 Å². The van der Waals surface area contributed by atoms with E-state index < -0.39 is 24.1 Å². The maximum atomic E-state index is 13.0. The number of alkyl halides is 5. The maximum Gasteiger partial charge on any atom is 0.453 e. The van der Waals surface area contributed by atoms with Gasteiger partial charge < -0.3 is 14.6 Å². The lowest BCUT2D eigenvalue weighted by Gasteiger charge is -2.59. The largest absolute Gasteiger partial charge is 0.494 e. The number of fused-ring (bicyclic) bond motifs is 3. The normalized spacial score (nSPS) is 29.0. The number of hydrogen-bond donors (Lipinski definition) is 1. The van der Waals surface area contributed by atoms with Crippen LogP contribution in [-0.2, 0) is 13.0 Å². The highest BCUT2D eigenvalue weighted by molar-refractivity contribution is 7.99. The number of aryl methyl sites for hydroxylation is 1. The first-order valence-corrected chi connectivity index (χ1v) is 20.8. The summed E-state index contributed by atoms with van der Waals surface area (Å²) in [4.78, 5) is 0. The molecule has 2 bridgehead atoms. The molecule has 0 radical (unpaired) electrons. The van der Waals surface area contributed by atoms with Crippen LogP contribution in [0.2, 0.25) is 0 Å². The second-order valence-corrected chi connectivity index (χ2v) is 17.6. The van der Waals surface area contributed by atoms with E-state index in [1.807, 2.05) is 18.2 Å². The van der Waals surface area contributed by atoms with E-state index in [1.54, 1.807) is 0 Å². The second-order valence-electron chi connectivity index (χ2n) is 16.4. The molecule has 288 valence electrons. The van der Waals surface area contributed by atoms with Gasteiger partial charge in [0.2, 0.25) is 0 Å². The summed E-state index contributed by atoms with van der Waals surface area (Å²) in [7, 11) is 0. The summed E-state index contributed by atoms with van der Waals surface area (Å²) in [6.45, 7) is 3.56. The molecule has 4 atom stereocenters. The molecule has 9 heteroatoms. The molecule has 53 heavy (non-hydrogen) atoms. The smallest absolute Gasteiger partial charge is 0.453 e. The highest BCUT2D eigenvalue weighted by Gasteiger charge is 2.74. The monoisotopic (exact) mass is 756 g/mol. The standard InChI is InChI=1S/C44H53F5O3S/c1-40-29-37(32-12-15-34(16-13-32)51-25-7-2-3-8-26-53-27-9-20-43(45,46)44(47,48)49)39-36-18-17-35(52-30-31-10-5-4-6-11-31)28-33(36)14-19-38(39)41(40)21-23-42(40,50)24-22-41/h4-6,10-13,15-18,28,37-39,50H,2-3,7-9,14,19-27,29-30H2,1H3/t37-,38-,39+,40+,41-,42+/m1/s1. The minimum absolute atomic E-state index is 0.0997. The van der Waals surface area contributed by atoms with Crippen molar-refractivity contribution in [2.45, 2.75) is 127 Å². The van der Waals surface area contributed by atoms with Gasteiger partial charge in [0.25, 0.3) is 0 Å². The summed E-state index contributed by atoms with van der Waals surface area (Å²) >= 11 is 1.44. The average Bonchev–Trinajstić information content (AvgIpc) is 3.52. The van der Waals surface area contributed by atoms with Gasteiger partial charge in [0.05, 0.1) is 12.2 Å². The van der Waals surface area contributed by atoms with Crippen LogP contribution in [0.15, 0.2) is 72.8 Å². The first-order chi connectivity index (χ1) is 25.4. The molecule has 0 spiro atoms. The molecule has 4 aliphatic rings. The molecule has 1 N–H and O–H groups in total. The Balaban J connectivity index is 0.948. The lowest BCUT2D eigenvalue weighted by molar-refractivity contribution is -0.284. The number of benzene rings is 3. The Kier molecular flexibility index (Phi) is 11.2. The Morgan fingerprint density at radius 3 is 2.23 bits per heavy atom. The Hall–Kier alpha value is -2.78. The highest BCUT2D eigenvalue weighted by atomic mass is 32.2. The molecule has 0 heterocycles. The van der Waals surface area contributed by atoms with Crippen LogP contribution >= 0.6 is 11.8 Å². The SMILES string of the molecule is C[C@]12C[C@H](c3ccc(OCCCCCCSCCCC(F)(F)C(F)(F)F)cc3)[C@@H]3c4ccc(OCc5ccccc5)cc4CC[C@H]3[C@]13CC[C@]2(O)CC3. The Labute approximate surface area is 315 Å². The van der Waals surface area contributed by atoms with Crippen LogP contribution in [-0.4, -0.2) is 40.9 Å². The van der Waals surface area contributed by atoms with Crippen LogP contribution in [0, 0.1) is 16.7 Å². The van der Waals surface area contributed by atoms with E-state index in [-0.39, 0.29) is 17.3 Å². The van der Waals surface area contributed by atoms with Gasteiger partial charge in [0, 0.05) is 11.8 Å². The van der Waals surface area contributed by atoms with E-state index in [2.05, 4.69) is 61.5 Å². The third-order valence-corrected chi connectivity index (χ3v) is 14.9. The van der Waals surface area contributed by atoms with Crippen molar-refractivity contribution in [2.75, 3.05) is 18.1 Å². The van der Waals surface area contributed by atoms with Gasteiger partial charge in [0.1, 0.15) is 18.1 Å². The topological polar surface area (TPSA) is 38.7 Å². The van der Waals surface area contributed by atoms with Crippen molar-refractivity contribution in [1.29, 1.82) is 0 Å². The van der Waals surface area contributed by atoms with E-state index in [1.165, 1.54) is 28.5 Å². The van der Waals surface area contributed by atoms with Crippen LogP contribution in [0.25, 0.3) is 0 Å². The summed E-state index contributed by atoms with van der Waals surface area (Å²) in [5.74, 6) is -0.548. The van der Waals surface area contributed by atoms with Crippen molar-refractivity contribution >= 4 is 11.8 Å². The first-order valence-electron chi connectivity index (χ1n) is 19.6. The van der Waals surface area contributed by atoms with E-state index in [0.717, 1.165) is 93.4 Å². The molecule has 0 aromatic heterocycles. The van der Waals surface area contributed by atoms with E-state index in [9.17, 15) is 27.1 Å². The molecule has 0 amide bonds. The molecule has 0 saturated heterocycles. The lowest BCUT2D eigenvalue weighted by atomic mass is 9.45. The Bertz CT molecular complexity index is 1670. The molecule has 3 nitrogen and oxygen atoms in total. The van der Waals surface area contributed by atoms with E-state index >= 15 is 0 Å². The third-order valence-electron chi connectivity index (χ3n) is 13.7. The Morgan fingerprint density at radius 1 is 0.792 bits per heavy atom. The Morgan fingerprint density at radius 2 is 1.49 bits per heavy atom. The summed E-state index contributed by atoms with van der Waals surface area (Å²) in [5.41, 5.74) is 4.83. The molecule has 3 aromatic carbocycles. The molecule has 3 fully saturated rings. The van der Waals surface area contributed by atoms with Gasteiger partial charge in [-0.2, -0.15) is 33.7 Å². The quantitative estimate of drug-likeness (QED) is 0.117. The van der Waals surface area contributed by atoms with Crippen molar-refractivity contribution in [2.24, 2.45) is 16.7 Å². The van der Waals surface area contributed by atoms with Gasteiger partial charge >= 0.3 is 12.1 Å². The zero-order valence-corrected chi connectivity index (χ0v) is 31.6. The molecule has 0 aliphatic heterocycles. The number of hydrogen-bond acceptors (Lipinski definition) is 4. The number of unbranched alkanes of at least 4 members (excludes halogenated alkanes) is 3. The summed E-state index contributed by atoms with van der Waals surface area (Å²) in [5, 5.41) is 12.1. The summed E-state index contributed by atoms with van der Waals surface area (Å²) < 4.78 is 75.3. The highest BCUT2D eigenvalue weighted by Crippen LogP contribution is 2.79. The van der Waals surface area contributed by atoms with Crippen LogP contribution in [0.4, 0.5) is 22.0 Å². The fraction of sp³-hybridized carbons (Fsp3) is 0.591. The van der Waals surface area contributed by atoms with Crippen LogP contribution in [0.3, 0.4) is 0 Å². The number of rotatable bonds is 16. The summed E-state index contributed by atoms with van der Waals surface area (Å²) in [6, 6.07) is 25.7. The number of thioether (sulfide) groups is 1. The predicted molar refractivity (Wildman–Crippen MR) is 201 cm³/mol. The van der Waals surface area contributed by atoms with Crippen molar-refractivity contribution in [3.63, 3.8) is 0 Å². The van der Waals surface area contributed by atoms with Crippen LogP contribution in [0.5, 0.6) is 11.5 Å². The van der Waals surface area contributed by atoms with E-state index in [4.69, 9.17) is 9.47 Å². The van der Waals surface area contributed by atoms with E-state index in [0.29, 0.717) is 36.7 Å². The predicted octanol–water partition coefficient (Wildman–Crippen LogP) is 12.1. The minimum Gasteiger partial charge on any atom is -0.494 e. The molecule has 4 aliphatic carbocycles. The molecular formula is C44H53F5O3S. The minimum atomic E-state index is -5.46. The average molecular weight is 757 g/mol. The number of halogens is 5.